The predicted molar refractivity (Wildman–Crippen MR) is 126 cm³/mol. The summed E-state index contributed by atoms with van der Waals surface area (Å²) < 4.78 is 44.0. The zero-order valence-electron chi connectivity index (χ0n) is 16.6. The highest BCUT2D eigenvalue weighted by atomic mass is 32.2. The SMILES string of the molecule is FC(F)(F)c1ccc2c(c1)Sc1ccccc1-c1sc(-c3ccc(-c4csnn4)cc3)nc1-2. The van der Waals surface area contributed by atoms with Crippen LogP contribution in [0.1, 0.15) is 5.56 Å². The fourth-order valence-corrected chi connectivity index (χ4v) is 6.50. The number of hydrogen-bond acceptors (Lipinski definition) is 6. The van der Waals surface area contributed by atoms with Crippen LogP contribution in [-0.2, 0) is 6.18 Å². The molecule has 1 aliphatic rings. The van der Waals surface area contributed by atoms with Gasteiger partial charge in [-0.1, -0.05) is 64.8 Å². The normalized spacial score (nSPS) is 12.6. The molecule has 3 heterocycles. The minimum atomic E-state index is -4.40. The maximum atomic E-state index is 13.4. The second-order valence-corrected chi connectivity index (χ2v) is 10.1. The van der Waals surface area contributed by atoms with E-state index in [9.17, 15) is 13.2 Å². The van der Waals surface area contributed by atoms with E-state index in [1.807, 2.05) is 53.9 Å². The van der Waals surface area contributed by atoms with Crippen molar-refractivity contribution >= 4 is 34.6 Å². The number of rotatable bonds is 2. The number of hydrogen-bond donors (Lipinski definition) is 0. The third-order valence-electron chi connectivity index (χ3n) is 5.33. The number of halogens is 3. The first-order valence-electron chi connectivity index (χ1n) is 9.85. The Kier molecular flexibility index (Phi) is 4.86. The molecular formula is C24H12F3N3S3. The van der Waals surface area contributed by atoms with Gasteiger partial charge in [0.25, 0.3) is 0 Å². The van der Waals surface area contributed by atoms with Gasteiger partial charge < -0.3 is 0 Å². The van der Waals surface area contributed by atoms with Gasteiger partial charge in [0.1, 0.15) is 10.7 Å². The Hall–Kier alpha value is -3.01. The fraction of sp³-hybridized carbons (Fsp3) is 0.0417. The van der Waals surface area contributed by atoms with Crippen LogP contribution in [0.25, 0.3) is 43.5 Å². The van der Waals surface area contributed by atoms with E-state index in [0.29, 0.717) is 16.2 Å². The van der Waals surface area contributed by atoms with Crippen LogP contribution in [0.4, 0.5) is 13.2 Å². The van der Waals surface area contributed by atoms with E-state index in [0.717, 1.165) is 43.2 Å². The van der Waals surface area contributed by atoms with Crippen molar-refractivity contribution in [2.75, 3.05) is 0 Å². The molecule has 0 aliphatic carbocycles. The van der Waals surface area contributed by atoms with Crippen molar-refractivity contribution in [3.8, 4) is 43.5 Å². The van der Waals surface area contributed by atoms with Gasteiger partial charge in [0.05, 0.1) is 16.1 Å². The first-order valence-corrected chi connectivity index (χ1v) is 12.3. The van der Waals surface area contributed by atoms with Crippen molar-refractivity contribution in [2.45, 2.75) is 16.0 Å². The summed E-state index contributed by atoms with van der Waals surface area (Å²) in [5.74, 6) is 0. The molecule has 0 bridgehead atoms. The number of aromatic nitrogens is 3. The second kappa shape index (κ2) is 7.79. The lowest BCUT2D eigenvalue weighted by Crippen LogP contribution is -2.04. The molecule has 3 nitrogen and oxygen atoms in total. The number of alkyl halides is 3. The molecule has 6 rings (SSSR count). The number of thiazole rings is 1. The molecule has 0 saturated carbocycles. The fourth-order valence-electron chi connectivity index (χ4n) is 3.72. The summed E-state index contributed by atoms with van der Waals surface area (Å²) in [6, 6.07) is 19.6. The Labute approximate surface area is 199 Å². The van der Waals surface area contributed by atoms with Crippen LogP contribution >= 0.6 is 34.6 Å². The summed E-state index contributed by atoms with van der Waals surface area (Å²) in [6.45, 7) is 0. The maximum Gasteiger partial charge on any atom is 0.416 e. The number of fused-ring (bicyclic) bond motifs is 5. The number of nitrogens with zero attached hydrogens (tertiary/aromatic N) is 3. The van der Waals surface area contributed by atoms with E-state index in [4.69, 9.17) is 4.98 Å². The Morgan fingerprint density at radius 3 is 2.33 bits per heavy atom. The van der Waals surface area contributed by atoms with Crippen LogP contribution in [0.15, 0.2) is 81.9 Å². The predicted octanol–water partition coefficient (Wildman–Crippen LogP) is 8.15. The molecule has 0 amide bonds. The van der Waals surface area contributed by atoms with Crippen LogP contribution in [0.3, 0.4) is 0 Å². The standard InChI is InChI=1S/C24H12F3N3S3/c25-24(26,27)15-9-10-16-20(11-15)32-19-4-2-1-3-17(19)22-21(16)28-23(33-22)14-7-5-13(6-8-14)18-12-31-30-29-18/h1-12H. The molecule has 0 fully saturated rings. The molecule has 0 atom stereocenters. The number of benzene rings is 3. The van der Waals surface area contributed by atoms with Gasteiger partial charge in [0.15, 0.2) is 0 Å². The van der Waals surface area contributed by atoms with E-state index in [-0.39, 0.29) is 0 Å². The largest absolute Gasteiger partial charge is 0.416 e. The summed E-state index contributed by atoms with van der Waals surface area (Å²) >= 11 is 4.20. The summed E-state index contributed by atoms with van der Waals surface area (Å²) in [7, 11) is 0. The lowest BCUT2D eigenvalue weighted by atomic mass is 10.0. The highest BCUT2D eigenvalue weighted by Gasteiger charge is 2.33. The molecule has 0 spiro atoms. The van der Waals surface area contributed by atoms with Crippen molar-refractivity contribution in [1.29, 1.82) is 0 Å². The van der Waals surface area contributed by atoms with Gasteiger partial charge in [-0.05, 0) is 29.7 Å². The minimum Gasteiger partial charge on any atom is -0.235 e. The molecule has 3 aromatic carbocycles. The highest BCUT2D eigenvalue weighted by Crippen LogP contribution is 2.51. The van der Waals surface area contributed by atoms with Gasteiger partial charge in [-0.25, -0.2) is 4.98 Å². The molecule has 0 saturated heterocycles. The van der Waals surface area contributed by atoms with Crippen LogP contribution in [-0.4, -0.2) is 14.6 Å². The molecule has 5 aromatic rings. The van der Waals surface area contributed by atoms with Gasteiger partial charge in [-0.2, -0.15) is 13.2 Å². The lowest BCUT2D eigenvalue weighted by Gasteiger charge is -2.11. The van der Waals surface area contributed by atoms with Crippen molar-refractivity contribution in [3.63, 3.8) is 0 Å². The second-order valence-electron chi connectivity index (χ2n) is 7.37. The third kappa shape index (κ3) is 3.66. The average Bonchev–Trinajstić information content (AvgIpc) is 3.48. The quantitative estimate of drug-likeness (QED) is 0.243. The topological polar surface area (TPSA) is 38.7 Å². The molecule has 9 heteroatoms. The van der Waals surface area contributed by atoms with E-state index in [1.54, 1.807) is 11.3 Å². The molecule has 2 aromatic heterocycles. The van der Waals surface area contributed by atoms with Crippen LogP contribution in [0, 0.1) is 0 Å². The first kappa shape index (κ1) is 20.6. The lowest BCUT2D eigenvalue weighted by molar-refractivity contribution is -0.137. The zero-order valence-corrected chi connectivity index (χ0v) is 19.1. The molecule has 0 N–H and O–H groups in total. The van der Waals surface area contributed by atoms with Crippen molar-refractivity contribution in [3.05, 3.63) is 77.7 Å². The molecule has 0 unspecified atom stereocenters. The van der Waals surface area contributed by atoms with Gasteiger partial charge in [0, 0.05) is 37.4 Å². The molecule has 0 radical (unpaired) electrons. The van der Waals surface area contributed by atoms with Crippen LogP contribution in [0.5, 0.6) is 0 Å². The van der Waals surface area contributed by atoms with E-state index >= 15 is 0 Å². The monoisotopic (exact) mass is 495 g/mol. The summed E-state index contributed by atoms with van der Waals surface area (Å²) in [5.41, 5.74) is 4.49. The molecule has 33 heavy (non-hydrogen) atoms. The van der Waals surface area contributed by atoms with E-state index in [1.165, 1.54) is 35.4 Å². The zero-order chi connectivity index (χ0) is 22.6. The van der Waals surface area contributed by atoms with Gasteiger partial charge >= 0.3 is 6.18 Å². The average molecular weight is 496 g/mol. The summed E-state index contributed by atoms with van der Waals surface area (Å²) in [5, 5.41) is 6.81. The summed E-state index contributed by atoms with van der Waals surface area (Å²) in [4.78, 5) is 7.33. The smallest absolute Gasteiger partial charge is 0.235 e. The Balaban J connectivity index is 1.50. The van der Waals surface area contributed by atoms with Gasteiger partial charge in [0.2, 0.25) is 0 Å². The third-order valence-corrected chi connectivity index (χ3v) is 8.11. The van der Waals surface area contributed by atoms with Crippen LogP contribution < -0.4 is 0 Å². The minimum absolute atomic E-state index is 0.555. The van der Waals surface area contributed by atoms with Crippen LogP contribution in [0.2, 0.25) is 0 Å². The first-order chi connectivity index (χ1) is 16.0. The van der Waals surface area contributed by atoms with Gasteiger partial charge in [-0.3, -0.25) is 0 Å². The van der Waals surface area contributed by atoms with Crippen molar-refractivity contribution in [1.82, 2.24) is 14.6 Å². The van der Waals surface area contributed by atoms with Crippen molar-refractivity contribution in [2.24, 2.45) is 0 Å². The Morgan fingerprint density at radius 2 is 1.58 bits per heavy atom. The molecular weight excluding hydrogens is 483 g/mol. The highest BCUT2D eigenvalue weighted by molar-refractivity contribution is 7.99. The Bertz CT molecular complexity index is 1470. The van der Waals surface area contributed by atoms with E-state index < -0.39 is 11.7 Å². The van der Waals surface area contributed by atoms with Gasteiger partial charge in [-0.15, -0.1) is 16.4 Å². The van der Waals surface area contributed by atoms with Crippen molar-refractivity contribution < 1.29 is 13.2 Å². The maximum absolute atomic E-state index is 13.4. The Morgan fingerprint density at radius 1 is 0.788 bits per heavy atom. The van der Waals surface area contributed by atoms with E-state index in [2.05, 4.69) is 9.59 Å². The summed E-state index contributed by atoms with van der Waals surface area (Å²) in [6.07, 6.45) is -4.40. The molecule has 162 valence electrons. The molecule has 1 aliphatic heterocycles.